The van der Waals surface area contributed by atoms with Crippen LogP contribution in [0.3, 0.4) is 0 Å². The van der Waals surface area contributed by atoms with Crippen LogP contribution in [-0.2, 0) is 6.54 Å². The second-order valence-corrected chi connectivity index (χ2v) is 4.30. The largest absolute Gasteiger partial charge is 0.444 e. The second-order valence-electron chi connectivity index (χ2n) is 4.30. The van der Waals surface area contributed by atoms with Gasteiger partial charge in [0.25, 0.3) is 0 Å². The molecule has 92 valence electrons. The van der Waals surface area contributed by atoms with Crippen LogP contribution in [0, 0.1) is 13.8 Å². The highest BCUT2D eigenvalue weighted by atomic mass is 16.4. The average molecular weight is 227 g/mol. The van der Waals surface area contributed by atoms with E-state index in [-0.39, 0.29) is 6.10 Å². The number of aliphatic hydroxyl groups is 1. The van der Waals surface area contributed by atoms with Crippen molar-refractivity contribution in [2.75, 3.05) is 27.2 Å². The minimum absolute atomic E-state index is 0.368. The fourth-order valence-electron chi connectivity index (χ4n) is 1.45. The van der Waals surface area contributed by atoms with Crippen LogP contribution < -0.4 is 5.32 Å². The van der Waals surface area contributed by atoms with E-state index in [9.17, 15) is 5.11 Å². The summed E-state index contributed by atoms with van der Waals surface area (Å²) in [5, 5.41) is 12.7. The summed E-state index contributed by atoms with van der Waals surface area (Å²) < 4.78 is 5.41. The lowest BCUT2D eigenvalue weighted by Gasteiger charge is -2.15. The van der Waals surface area contributed by atoms with Gasteiger partial charge in [0.05, 0.1) is 18.3 Å². The third kappa shape index (κ3) is 4.30. The van der Waals surface area contributed by atoms with Gasteiger partial charge in [0.15, 0.2) is 0 Å². The Hall–Kier alpha value is -0.910. The molecule has 2 N–H and O–H groups in total. The number of aliphatic hydroxyl groups excluding tert-OH is 1. The lowest BCUT2D eigenvalue weighted by Crippen LogP contribution is -2.34. The van der Waals surface area contributed by atoms with Crippen LogP contribution in [0.25, 0.3) is 0 Å². The average Bonchev–Trinajstić information content (AvgIpc) is 2.44. The summed E-state index contributed by atoms with van der Waals surface area (Å²) in [6.07, 6.45) is -0.368. The first-order valence-electron chi connectivity index (χ1n) is 5.45. The third-order valence-electron chi connectivity index (χ3n) is 2.30. The summed E-state index contributed by atoms with van der Waals surface area (Å²) in [6, 6.07) is 0. The zero-order valence-electron chi connectivity index (χ0n) is 10.4. The molecule has 0 saturated carbocycles. The van der Waals surface area contributed by atoms with Gasteiger partial charge in [-0.1, -0.05) is 0 Å². The number of likely N-dealkylation sites (N-methyl/N-ethyl adjacent to an activating group) is 1. The smallest absolute Gasteiger partial charge is 0.208 e. The van der Waals surface area contributed by atoms with Crippen LogP contribution in [0.5, 0.6) is 0 Å². The van der Waals surface area contributed by atoms with E-state index in [2.05, 4.69) is 10.3 Å². The van der Waals surface area contributed by atoms with Crippen LogP contribution in [0.2, 0.25) is 0 Å². The molecule has 0 fully saturated rings. The van der Waals surface area contributed by atoms with Crippen LogP contribution >= 0.6 is 0 Å². The number of rotatable bonds is 6. The normalized spacial score (nSPS) is 13.4. The van der Waals surface area contributed by atoms with E-state index in [1.54, 1.807) is 0 Å². The molecule has 5 nitrogen and oxygen atoms in total. The van der Waals surface area contributed by atoms with E-state index in [1.807, 2.05) is 32.8 Å². The third-order valence-corrected chi connectivity index (χ3v) is 2.30. The standard InChI is InChI=1S/C11H21N3O2/c1-8-9(2)16-11(13-8)6-12-5-10(15)7-14(3)4/h10,12,15H,5-7H2,1-4H3. The van der Waals surface area contributed by atoms with Gasteiger partial charge in [-0.3, -0.25) is 0 Å². The van der Waals surface area contributed by atoms with Crippen LogP contribution in [-0.4, -0.2) is 48.3 Å². The summed E-state index contributed by atoms with van der Waals surface area (Å²) in [4.78, 5) is 6.20. The molecule has 0 aliphatic rings. The minimum Gasteiger partial charge on any atom is -0.444 e. The molecule has 16 heavy (non-hydrogen) atoms. The van der Waals surface area contributed by atoms with Crippen molar-refractivity contribution in [2.24, 2.45) is 0 Å². The Kier molecular flexibility index (Phi) is 4.92. The first-order valence-corrected chi connectivity index (χ1v) is 5.45. The fourth-order valence-corrected chi connectivity index (χ4v) is 1.45. The monoisotopic (exact) mass is 227 g/mol. The predicted octanol–water partition coefficient (Wildman–Crippen LogP) is 0.304. The van der Waals surface area contributed by atoms with Crippen LogP contribution in [0.1, 0.15) is 17.3 Å². The summed E-state index contributed by atoms with van der Waals surface area (Å²) in [7, 11) is 3.87. The Morgan fingerprint density at radius 2 is 2.12 bits per heavy atom. The molecule has 1 heterocycles. The summed E-state index contributed by atoms with van der Waals surface area (Å²) in [6.45, 7) is 5.56. The minimum atomic E-state index is -0.368. The molecule has 0 aromatic carbocycles. The van der Waals surface area contributed by atoms with Gasteiger partial charge >= 0.3 is 0 Å². The molecule has 0 aliphatic carbocycles. The van der Waals surface area contributed by atoms with Crippen molar-refractivity contribution < 1.29 is 9.52 Å². The zero-order valence-corrected chi connectivity index (χ0v) is 10.4. The molecular formula is C11H21N3O2. The molecule has 1 rings (SSSR count). The predicted molar refractivity (Wildman–Crippen MR) is 62.2 cm³/mol. The molecule has 1 atom stereocenters. The molecule has 0 radical (unpaired) electrons. The van der Waals surface area contributed by atoms with E-state index in [0.29, 0.717) is 25.5 Å². The maximum Gasteiger partial charge on any atom is 0.208 e. The summed E-state index contributed by atoms with van der Waals surface area (Å²) in [5.41, 5.74) is 0.922. The number of hydrogen-bond donors (Lipinski definition) is 2. The first-order chi connectivity index (χ1) is 7.49. The Bertz CT molecular complexity index is 304. The summed E-state index contributed by atoms with van der Waals surface area (Å²) >= 11 is 0. The highest BCUT2D eigenvalue weighted by molar-refractivity contribution is 5.05. The number of oxazole rings is 1. The van der Waals surface area contributed by atoms with Gasteiger partial charge < -0.3 is 19.7 Å². The van der Waals surface area contributed by atoms with Gasteiger partial charge in [-0.25, -0.2) is 4.98 Å². The highest BCUT2D eigenvalue weighted by Gasteiger charge is 2.07. The van der Waals surface area contributed by atoms with E-state index in [0.717, 1.165) is 11.5 Å². The van der Waals surface area contributed by atoms with Gasteiger partial charge in [0.1, 0.15) is 5.76 Å². The Morgan fingerprint density at radius 3 is 2.62 bits per heavy atom. The molecule has 1 unspecified atom stereocenters. The van der Waals surface area contributed by atoms with Gasteiger partial charge in [-0.15, -0.1) is 0 Å². The van der Waals surface area contributed by atoms with Gasteiger partial charge in [-0.05, 0) is 27.9 Å². The van der Waals surface area contributed by atoms with E-state index in [1.165, 1.54) is 0 Å². The van der Waals surface area contributed by atoms with Gasteiger partial charge in [-0.2, -0.15) is 0 Å². The molecule has 0 aliphatic heterocycles. The second kappa shape index (κ2) is 5.98. The maximum atomic E-state index is 9.60. The number of hydrogen-bond acceptors (Lipinski definition) is 5. The molecule has 0 spiro atoms. The molecule has 1 aromatic rings. The van der Waals surface area contributed by atoms with Crippen molar-refractivity contribution in [2.45, 2.75) is 26.5 Å². The zero-order chi connectivity index (χ0) is 12.1. The van der Waals surface area contributed by atoms with Crippen molar-refractivity contribution in [3.63, 3.8) is 0 Å². The number of aromatic nitrogens is 1. The van der Waals surface area contributed by atoms with Crippen molar-refractivity contribution in [1.82, 2.24) is 15.2 Å². The number of nitrogens with one attached hydrogen (secondary N) is 1. The van der Waals surface area contributed by atoms with Crippen molar-refractivity contribution >= 4 is 0 Å². The first kappa shape index (κ1) is 13.2. The topological polar surface area (TPSA) is 61.5 Å². The SMILES string of the molecule is Cc1nc(CNCC(O)CN(C)C)oc1C. The van der Waals surface area contributed by atoms with Crippen LogP contribution in [0.4, 0.5) is 0 Å². The van der Waals surface area contributed by atoms with E-state index < -0.39 is 0 Å². The lowest BCUT2D eigenvalue weighted by atomic mass is 10.3. The summed E-state index contributed by atoms with van der Waals surface area (Å²) in [5.74, 6) is 1.53. The van der Waals surface area contributed by atoms with Gasteiger partial charge in [0.2, 0.25) is 5.89 Å². The van der Waals surface area contributed by atoms with Crippen molar-refractivity contribution in [3.05, 3.63) is 17.3 Å². The van der Waals surface area contributed by atoms with Gasteiger partial charge in [0, 0.05) is 13.1 Å². The van der Waals surface area contributed by atoms with E-state index in [4.69, 9.17) is 4.42 Å². The van der Waals surface area contributed by atoms with Crippen LogP contribution in [0.15, 0.2) is 4.42 Å². The number of aryl methyl sites for hydroxylation is 2. The Labute approximate surface area is 96.5 Å². The molecule has 5 heteroatoms. The van der Waals surface area contributed by atoms with E-state index >= 15 is 0 Å². The van der Waals surface area contributed by atoms with Crippen molar-refractivity contribution in [1.29, 1.82) is 0 Å². The lowest BCUT2D eigenvalue weighted by molar-refractivity contribution is 0.134. The Balaban J connectivity index is 2.25. The Morgan fingerprint density at radius 1 is 1.44 bits per heavy atom. The fraction of sp³-hybridized carbons (Fsp3) is 0.727. The van der Waals surface area contributed by atoms with Crippen molar-refractivity contribution in [3.8, 4) is 0 Å². The number of nitrogens with zero attached hydrogens (tertiary/aromatic N) is 2. The quantitative estimate of drug-likeness (QED) is 0.732. The molecular weight excluding hydrogens is 206 g/mol. The molecule has 0 bridgehead atoms. The molecule has 1 aromatic heterocycles. The maximum absolute atomic E-state index is 9.60. The molecule has 0 amide bonds. The molecule has 0 saturated heterocycles. The highest BCUT2D eigenvalue weighted by Crippen LogP contribution is 2.07.